The third kappa shape index (κ3) is 3.38. The summed E-state index contributed by atoms with van der Waals surface area (Å²) in [6, 6.07) is 5.40. The molecule has 1 aromatic carbocycles. The number of nitrogens with one attached hydrogen (secondary N) is 1. The lowest BCUT2D eigenvalue weighted by Crippen LogP contribution is -2.24. The molecule has 7 nitrogen and oxygen atoms in total. The lowest BCUT2D eigenvalue weighted by Gasteiger charge is -2.07. The van der Waals surface area contributed by atoms with Crippen molar-refractivity contribution in [3.8, 4) is 0 Å². The first kappa shape index (κ1) is 15.0. The Balaban J connectivity index is 2.04. The summed E-state index contributed by atoms with van der Waals surface area (Å²) in [5, 5.41) is 17.8. The second kappa shape index (κ2) is 6.36. The number of halogens is 1. The van der Waals surface area contributed by atoms with Crippen molar-refractivity contribution in [2.24, 2.45) is 0 Å². The minimum atomic E-state index is -0.513. The van der Waals surface area contributed by atoms with Crippen molar-refractivity contribution < 1.29 is 9.72 Å². The van der Waals surface area contributed by atoms with Gasteiger partial charge in [-0.25, -0.2) is 0 Å². The fourth-order valence-corrected chi connectivity index (χ4v) is 2.04. The summed E-state index contributed by atoms with van der Waals surface area (Å²) in [4.78, 5) is 22.0. The van der Waals surface area contributed by atoms with Gasteiger partial charge in [0.25, 0.3) is 11.6 Å². The smallest absolute Gasteiger partial charge is 0.269 e. The number of benzene rings is 1. The molecule has 0 aliphatic carbocycles. The molecule has 1 N–H and O–H groups in total. The van der Waals surface area contributed by atoms with Crippen LogP contribution in [0.1, 0.15) is 23.0 Å². The summed E-state index contributed by atoms with van der Waals surface area (Å²) in [5.74, 6) is -0.329. The van der Waals surface area contributed by atoms with Crippen molar-refractivity contribution in [3.05, 3.63) is 56.9 Å². The van der Waals surface area contributed by atoms with E-state index in [2.05, 4.69) is 10.4 Å². The van der Waals surface area contributed by atoms with Gasteiger partial charge in [0.1, 0.15) is 0 Å². The van der Waals surface area contributed by atoms with Crippen LogP contribution in [0.2, 0.25) is 5.02 Å². The second-order valence-electron chi connectivity index (χ2n) is 4.24. The minimum Gasteiger partial charge on any atom is -0.346 e. The van der Waals surface area contributed by atoms with Gasteiger partial charge in [-0.15, -0.1) is 0 Å². The molecule has 0 unspecified atom stereocenters. The van der Waals surface area contributed by atoms with E-state index in [-0.39, 0.29) is 18.1 Å². The van der Waals surface area contributed by atoms with E-state index in [1.165, 1.54) is 30.5 Å². The highest BCUT2D eigenvalue weighted by Crippen LogP contribution is 2.15. The molecular formula is C13H13ClN4O3. The van der Waals surface area contributed by atoms with E-state index in [4.69, 9.17) is 11.6 Å². The van der Waals surface area contributed by atoms with Crippen molar-refractivity contribution in [1.82, 2.24) is 15.1 Å². The molecule has 0 aliphatic heterocycles. The van der Waals surface area contributed by atoms with Gasteiger partial charge in [0.2, 0.25) is 0 Å². The van der Waals surface area contributed by atoms with Gasteiger partial charge in [-0.3, -0.25) is 19.6 Å². The minimum absolute atomic E-state index is 0.0568. The highest BCUT2D eigenvalue weighted by molar-refractivity contribution is 6.31. The number of amides is 1. The molecular weight excluding hydrogens is 296 g/mol. The third-order valence-electron chi connectivity index (χ3n) is 2.95. The highest BCUT2D eigenvalue weighted by Gasteiger charge is 2.12. The maximum absolute atomic E-state index is 12.0. The van der Waals surface area contributed by atoms with Crippen molar-refractivity contribution >= 4 is 23.2 Å². The van der Waals surface area contributed by atoms with Gasteiger partial charge in [0.15, 0.2) is 0 Å². The Bertz CT molecular complexity index is 667. The Morgan fingerprint density at radius 2 is 2.10 bits per heavy atom. The molecule has 0 saturated heterocycles. The average molecular weight is 309 g/mol. The highest BCUT2D eigenvalue weighted by atomic mass is 35.5. The third-order valence-corrected chi connectivity index (χ3v) is 3.27. The van der Waals surface area contributed by atoms with E-state index in [9.17, 15) is 14.9 Å². The van der Waals surface area contributed by atoms with Crippen LogP contribution >= 0.6 is 11.6 Å². The number of rotatable bonds is 5. The van der Waals surface area contributed by atoms with Crippen LogP contribution in [0, 0.1) is 10.1 Å². The van der Waals surface area contributed by atoms with E-state index in [1.54, 1.807) is 4.68 Å². The largest absolute Gasteiger partial charge is 0.346 e. The molecule has 0 bridgehead atoms. The van der Waals surface area contributed by atoms with Gasteiger partial charge >= 0.3 is 0 Å². The Morgan fingerprint density at radius 1 is 1.43 bits per heavy atom. The number of aryl methyl sites for hydroxylation is 1. The summed E-state index contributed by atoms with van der Waals surface area (Å²) in [6.07, 6.45) is 1.53. The molecule has 2 aromatic rings. The predicted octanol–water partition coefficient (Wildman–Crippen LogP) is 2.39. The molecule has 0 saturated carbocycles. The average Bonchev–Trinajstić information content (AvgIpc) is 2.85. The van der Waals surface area contributed by atoms with E-state index >= 15 is 0 Å². The number of carbonyl (C=O) groups excluding carboxylic acids is 1. The number of hydrogen-bond acceptors (Lipinski definition) is 4. The van der Waals surface area contributed by atoms with Crippen LogP contribution in [-0.4, -0.2) is 20.6 Å². The lowest BCUT2D eigenvalue weighted by molar-refractivity contribution is -0.384. The molecule has 0 aliphatic rings. The van der Waals surface area contributed by atoms with Gasteiger partial charge in [-0.2, -0.15) is 5.10 Å². The molecule has 1 heterocycles. The standard InChI is InChI=1S/C13H13ClN4O3/c1-2-17-12(11(14)7-16-17)8-15-13(19)9-3-5-10(6-4-9)18(20)21/h3-7H,2,8H2,1H3,(H,15,19). The Hall–Kier alpha value is -2.41. The van der Waals surface area contributed by atoms with Crippen molar-refractivity contribution in [1.29, 1.82) is 0 Å². The topological polar surface area (TPSA) is 90.1 Å². The summed E-state index contributed by atoms with van der Waals surface area (Å²) in [6.45, 7) is 2.81. The Labute approximate surface area is 125 Å². The maximum atomic E-state index is 12.0. The first-order valence-corrected chi connectivity index (χ1v) is 6.63. The van der Waals surface area contributed by atoms with E-state index in [0.717, 1.165) is 5.69 Å². The number of nitro benzene ring substituents is 1. The number of non-ortho nitro benzene ring substituents is 1. The molecule has 1 amide bonds. The Morgan fingerprint density at radius 3 is 2.67 bits per heavy atom. The Kier molecular flexibility index (Phi) is 4.54. The van der Waals surface area contributed by atoms with Crippen molar-refractivity contribution in [3.63, 3.8) is 0 Å². The van der Waals surface area contributed by atoms with Crippen LogP contribution < -0.4 is 5.32 Å². The number of hydrogen-bond donors (Lipinski definition) is 1. The molecule has 0 spiro atoms. The van der Waals surface area contributed by atoms with Crippen LogP contribution in [0.25, 0.3) is 0 Å². The number of aromatic nitrogens is 2. The summed E-state index contributed by atoms with van der Waals surface area (Å²) in [7, 11) is 0. The van der Waals surface area contributed by atoms with E-state index in [1.807, 2.05) is 6.92 Å². The number of carbonyl (C=O) groups is 1. The van der Waals surface area contributed by atoms with E-state index < -0.39 is 4.92 Å². The summed E-state index contributed by atoms with van der Waals surface area (Å²) < 4.78 is 1.69. The van der Waals surface area contributed by atoms with Crippen molar-refractivity contribution in [2.75, 3.05) is 0 Å². The number of nitrogens with zero attached hydrogens (tertiary/aromatic N) is 3. The normalized spacial score (nSPS) is 10.4. The number of nitro groups is 1. The lowest BCUT2D eigenvalue weighted by atomic mass is 10.2. The molecule has 2 rings (SSSR count). The summed E-state index contributed by atoms with van der Waals surface area (Å²) >= 11 is 6.00. The maximum Gasteiger partial charge on any atom is 0.269 e. The van der Waals surface area contributed by atoms with Gasteiger partial charge in [-0.05, 0) is 19.1 Å². The molecule has 8 heteroatoms. The van der Waals surface area contributed by atoms with E-state index in [0.29, 0.717) is 17.1 Å². The van der Waals surface area contributed by atoms with Crippen LogP contribution in [0.4, 0.5) is 5.69 Å². The first-order chi connectivity index (χ1) is 10.0. The molecule has 0 atom stereocenters. The van der Waals surface area contributed by atoms with Gasteiger partial charge in [0.05, 0.1) is 28.4 Å². The van der Waals surface area contributed by atoms with Crippen molar-refractivity contribution in [2.45, 2.75) is 20.0 Å². The molecule has 1 aromatic heterocycles. The zero-order valence-corrected chi connectivity index (χ0v) is 12.0. The predicted molar refractivity (Wildman–Crippen MR) is 77.2 cm³/mol. The fourth-order valence-electron chi connectivity index (χ4n) is 1.84. The van der Waals surface area contributed by atoms with Crippen LogP contribution in [0.5, 0.6) is 0 Å². The molecule has 0 fully saturated rings. The van der Waals surface area contributed by atoms with Crippen LogP contribution in [0.15, 0.2) is 30.5 Å². The second-order valence-corrected chi connectivity index (χ2v) is 4.65. The SMILES string of the molecule is CCn1ncc(Cl)c1CNC(=O)c1ccc([N+](=O)[O-])cc1. The zero-order chi connectivity index (χ0) is 15.4. The van der Waals surface area contributed by atoms with Crippen LogP contribution in [-0.2, 0) is 13.1 Å². The van der Waals surface area contributed by atoms with Gasteiger partial charge in [-0.1, -0.05) is 11.6 Å². The quantitative estimate of drug-likeness (QED) is 0.678. The first-order valence-electron chi connectivity index (χ1n) is 6.25. The molecule has 0 radical (unpaired) electrons. The van der Waals surface area contributed by atoms with Gasteiger partial charge in [0, 0.05) is 24.2 Å². The molecule has 21 heavy (non-hydrogen) atoms. The van der Waals surface area contributed by atoms with Crippen LogP contribution in [0.3, 0.4) is 0 Å². The fraction of sp³-hybridized carbons (Fsp3) is 0.231. The zero-order valence-electron chi connectivity index (χ0n) is 11.2. The molecule has 110 valence electrons. The summed E-state index contributed by atoms with van der Waals surface area (Å²) in [5.41, 5.74) is 1.01. The monoisotopic (exact) mass is 308 g/mol. The van der Waals surface area contributed by atoms with Gasteiger partial charge < -0.3 is 5.32 Å².